The largest absolute Gasteiger partial charge is 0.447 e. The van der Waals surface area contributed by atoms with Crippen molar-refractivity contribution in [3.05, 3.63) is 88.5 Å². The molecule has 3 aromatic rings. The highest BCUT2D eigenvalue weighted by Gasteiger charge is 2.50. The molecule has 15 N–H and O–H groups in total. The maximum Gasteiger partial charge on any atom is 0.407 e. The van der Waals surface area contributed by atoms with Crippen molar-refractivity contribution < 1.29 is 66.7 Å². The third kappa shape index (κ3) is 30.1. The van der Waals surface area contributed by atoms with Crippen LogP contribution in [0.25, 0.3) is 10.4 Å². The van der Waals surface area contributed by atoms with Crippen LogP contribution in [0.1, 0.15) is 95.7 Å². The molecule has 3 aromatic heterocycles. The number of hydrogen-bond acceptors (Lipinski definition) is 24. The van der Waals surface area contributed by atoms with Gasteiger partial charge in [0.25, 0.3) is 11.1 Å². The zero-order chi connectivity index (χ0) is 64.0. The van der Waals surface area contributed by atoms with E-state index in [-0.39, 0.29) is 19.3 Å². The van der Waals surface area contributed by atoms with Gasteiger partial charge in [0.1, 0.15) is 55.5 Å². The second kappa shape index (κ2) is 41.9. The number of azide groups is 1. The number of carbonyl (C=O) groups is 2. The Balaban J connectivity index is 0.000000384. The number of unbranched alkanes of at least 4 members (excludes halogenated alkanes) is 6. The fourth-order valence-corrected chi connectivity index (χ4v) is 9.80. The summed E-state index contributed by atoms with van der Waals surface area (Å²) >= 11 is 0. The fraction of sp³-hybridized carbons (Fsp3) is 0.720. The number of rotatable bonds is 38. The molecule has 0 spiro atoms. The molecule has 5 heterocycles. The number of aliphatic hydroxyl groups is 2. The zero-order valence-electron chi connectivity index (χ0n) is 49.1. The number of nitrogens with two attached hydrogens (primary N) is 2. The third-order valence-electron chi connectivity index (χ3n) is 12.7. The fourth-order valence-electron chi connectivity index (χ4n) is 8.29. The predicted octanol–water partition coefficient (Wildman–Crippen LogP) is -0.468. The minimum atomic E-state index is -4.12. The molecule has 35 nitrogen and oxygen atoms in total. The van der Waals surface area contributed by atoms with Crippen molar-refractivity contribution in [3.8, 4) is 12.3 Å². The molecule has 87 heavy (non-hydrogen) atoms. The molecular formula is C50H87N17O18P2. The first-order valence-electron chi connectivity index (χ1n) is 28.6. The Morgan fingerprint density at radius 3 is 1.75 bits per heavy atom. The van der Waals surface area contributed by atoms with Gasteiger partial charge in [-0.1, -0.05) is 48.9 Å². The van der Waals surface area contributed by atoms with Gasteiger partial charge in [-0.15, -0.1) is 11.5 Å². The monoisotopic (exact) mass is 1280 g/mol. The quantitative estimate of drug-likeness (QED) is 0.00861. The molecule has 5 rings (SSSR count). The van der Waals surface area contributed by atoms with E-state index in [4.69, 9.17) is 51.4 Å². The van der Waals surface area contributed by atoms with Crippen molar-refractivity contribution in [2.45, 2.75) is 140 Å². The van der Waals surface area contributed by atoms with Gasteiger partial charge < -0.3 is 77.0 Å². The average molecular weight is 1280 g/mol. The van der Waals surface area contributed by atoms with E-state index in [2.05, 4.69) is 52.8 Å². The summed E-state index contributed by atoms with van der Waals surface area (Å²) in [5, 5.41) is 47.6. The predicted molar refractivity (Wildman–Crippen MR) is 316 cm³/mol. The third-order valence-corrected chi connectivity index (χ3v) is 14.7. The number of aromatic amines is 2. The van der Waals surface area contributed by atoms with Crippen molar-refractivity contribution in [1.82, 2.24) is 60.7 Å². The Hall–Kier alpha value is -6.15. The van der Waals surface area contributed by atoms with Gasteiger partial charge >= 0.3 is 38.8 Å². The molecule has 2 amide bonds. The van der Waals surface area contributed by atoms with Gasteiger partial charge in [0, 0.05) is 55.4 Å². The molecule has 0 radical (unpaired) electrons. The number of nitrogens with zero attached hydrogens (tertiary/aromatic N) is 8. The summed E-state index contributed by atoms with van der Waals surface area (Å²) in [4.78, 5) is 96.8. The summed E-state index contributed by atoms with van der Waals surface area (Å²) in [6, 6.07) is 2.08. The lowest BCUT2D eigenvalue weighted by atomic mass is 10.1. The van der Waals surface area contributed by atoms with Crippen molar-refractivity contribution in [2.75, 3.05) is 91.5 Å². The molecular weight excluding hydrogens is 1190 g/mol. The van der Waals surface area contributed by atoms with Crippen molar-refractivity contribution in [1.29, 1.82) is 0 Å². The number of carbonyl (C=O) groups excluding carboxylic acids is 2. The molecule has 2 saturated heterocycles. The molecule has 2 aliphatic heterocycles. The summed E-state index contributed by atoms with van der Waals surface area (Å²) in [6.07, 6.45) is 8.43. The van der Waals surface area contributed by atoms with Crippen LogP contribution < -0.4 is 60.5 Å². The number of ether oxygens (including phenoxy) is 4. The van der Waals surface area contributed by atoms with Crippen LogP contribution in [0.5, 0.6) is 0 Å². The number of aliphatic hydroxyl groups excluding tert-OH is 2. The second-order valence-electron chi connectivity index (χ2n) is 19.8. The number of alkyl carbamates (subject to hydrolysis) is 2. The van der Waals surface area contributed by atoms with E-state index in [1.807, 2.05) is 9.97 Å². The van der Waals surface area contributed by atoms with Crippen molar-refractivity contribution >= 4 is 27.4 Å². The standard InChI is InChI=1S/C24H42N9O9P.C15H20N3O9P.C11H25N5/c1-43(38,39)42-21-18(41-22(20(21)35)33-13-6-19(34)29-23(33)36)16-40-24(37)28-14-17-15-32(31-30-17)12-5-11-27-9-3-2-8-26-10-4-7-25;1-3-6-16-15(22)25-8-9-12(27-28(23,24)4-2)11(20)13(26-9)18-7-5-10(19)17-14(18)21;12-8-5-3-1-2-4-6-9-14-10-7-11-15-16-13/h6,13,15,18,20-22,26-27,35H,2-5,7-12,14,16,25H2,1H3,(H,28,37)(H,38,39)(H,29,34,36);1,5,7,9,11-13,20H,4,6,8H2,2H3,(H,16,22)(H,23,24)(H,17,19,21);14H,1-12H2/t18-,20?,21+,22-;9-,11?,12+,13-;/m11./s1. The Bertz CT molecular complexity index is 2910. The number of terminal acetylenes is 1. The van der Waals surface area contributed by atoms with E-state index in [1.54, 1.807) is 10.9 Å². The van der Waals surface area contributed by atoms with E-state index in [0.717, 1.165) is 125 Å². The molecule has 37 heteroatoms. The summed E-state index contributed by atoms with van der Waals surface area (Å²) < 4.78 is 58.8. The Morgan fingerprint density at radius 2 is 1.24 bits per heavy atom. The van der Waals surface area contributed by atoms with Gasteiger partial charge in [0.2, 0.25) is 0 Å². The summed E-state index contributed by atoms with van der Waals surface area (Å²) in [5.41, 5.74) is 16.4. The molecule has 2 fully saturated rings. The molecule has 0 bridgehead atoms. The number of aromatic nitrogens is 7. The smallest absolute Gasteiger partial charge is 0.407 e. The Kier molecular flexibility index (Phi) is 36.2. The maximum atomic E-state index is 12.3. The van der Waals surface area contributed by atoms with E-state index >= 15 is 0 Å². The molecule has 10 atom stereocenters. The summed E-state index contributed by atoms with van der Waals surface area (Å²) in [7, 11) is -8.18. The number of amides is 2. The Morgan fingerprint density at radius 1 is 0.759 bits per heavy atom. The lowest BCUT2D eigenvalue weighted by Crippen LogP contribution is -2.39. The molecule has 0 saturated carbocycles. The minimum Gasteiger partial charge on any atom is -0.447 e. The summed E-state index contributed by atoms with van der Waals surface area (Å²) in [6.45, 7) is 9.87. The topological polar surface area (TPSA) is 506 Å². The van der Waals surface area contributed by atoms with Crippen molar-refractivity contribution in [3.63, 3.8) is 0 Å². The van der Waals surface area contributed by atoms with Gasteiger partial charge in [-0.2, -0.15) is 0 Å². The van der Waals surface area contributed by atoms with Crippen LogP contribution in [0.2, 0.25) is 0 Å². The molecule has 0 aliphatic carbocycles. The average Bonchev–Trinajstić information content (AvgIpc) is 4.11. The van der Waals surface area contributed by atoms with Crippen LogP contribution in [-0.4, -0.2) is 194 Å². The first-order chi connectivity index (χ1) is 41.7. The second-order valence-corrected chi connectivity index (χ2v) is 23.7. The maximum absolute atomic E-state index is 12.3. The van der Waals surface area contributed by atoms with E-state index < -0.39 is 112 Å². The normalized spacial score (nSPS) is 20.9. The van der Waals surface area contributed by atoms with E-state index in [1.165, 1.54) is 39.0 Å². The Labute approximate surface area is 502 Å². The lowest BCUT2D eigenvalue weighted by molar-refractivity contribution is -0.0565. The van der Waals surface area contributed by atoms with E-state index in [0.29, 0.717) is 25.3 Å². The highest BCUT2D eigenvalue weighted by Crippen LogP contribution is 2.47. The summed E-state index contributed by atoms with van der Waals surface area (Å²) in [5.74, 6) is 2.18. The van der Waals surface area contributed by atoms with Gasteiger partial charge in [-0.05, 0) is 103 Å². The first-order valence-corrected chi connectivity index (χ1v) is 32.4. The van der Waals surface area contributed by atoms with Gasteiger partial charge in [-0.25, -0.2) is 19.2 Å². The number of aryl methyl sites for hydroxylation is 1. The van der Waals surface area contributed by atoms with Gasteiger partial charge in [-0.3, -0.25) is 51.6 Å². The number of hydrogen-bond donors (Lipinski definition) is 13. The molecule has 4 unspecified atom stereocenters. The molecule has 490 valence electrons. The van der Waals surface area contributed by atoms with Gasteiger partial charge in [0.05, 0.1) is 19.3 Å². The molecule has 2 aliphatic rings. The zero-order valence-corrected chi connectivity index (χ0v) is 50.9. The highest BCUT2D eigenvalue weighted by molar-refractivity contribution is 7.52. The first kappa shape index (κ1) is 75.1. The van der Waals surface area contributed by atoms with Crippen LogP contribution in [0.4, 0.5) is 9.59 Å². The van der Waals surface area contributed by atoms with Gasteiger partial charge in [0.15, 0.2) is 12.5 Å². The van der Waals surface area contributed by atoms with Crippen LogP contribution in [0, 0.1) is 12.3 Å². The number of H-pyrrole nitrogens is 2. The lowest BCUT2D eigenvalue weighted by Gasteiger charge is -2.23. The minimum absolute atomic E-state index is 0.0284. The highest BCUT2D eigenvalue weighted by atomic mass is 31.2. The van der Waals surface area contributed by atoms with Crippen LogP contribution in [-0.2, 0) is 50.2 Å². The van der Waals surface area contributed by atoms with Crippen LogP contribution >= 0.6 is 15.2 Å². The SMILES string of the molecule is C#CCNC(=O)OC[C@H]1O[C@@H](n2ccc(=O)[nH]c2=O)C(O)[C@H]1OP(=O)(O)CC.CP(=O)(O)O[C@@H]1C(O)[C@H](n2ccc(=O)[nH]c2=O)O[C@@H]1COC(=O)NCc1cn(CCCNCCCCNCCCN)nn1.[N-]=[N+]=NCCCNCCCCCCCCN. The van der Waals surface area contributed by atoms with E-state index in [9.17, 15) is 57.9 Å². The van der Waals surface area contributed by atoms with Crippen LogP contribution in [0.3, 0.4) is 0 Å². The number of nitrogens with one attached hydrogen (secondary N) is 7. The molecule has 0 aromatic carbocycles. The van der Waals surface area contributed by atoms with Crippen molar-refractivity contribution in [2.24, 2.45) is 16.6 Å². The van der Waals surface area contributed by atoms with Crippen LogP contribution in [0.15, 0.2) is 55.0 Å².